The summed E-state index contributed by atoms with van der Waals surface area (Å²) < 4.78 is 38.6. The molecule has 6 heteroatoms. The van der Waals surface area contributed by atoms with E-state index in [9.17, 15) is 13.2 Å². The van der Waals surface area contributed by atoms with Gasteiger partial charge in [0.1, 0.15) is 0 Å². The van der Waals surface area contributed by atoms with E-state index < -0.39 is 11.7 Å². The van der Waals surface area contributed by atoms with Crippen molar-refractivity contribution in [2.24, 2.45) is 0 Å². The lowest BCUT2D eigenvalue weighted by Crippen LogP contribution is -2.10. The first-order valence-electron chi connectivity index (χ1n) is 5.52. The predicted octanol–water partition coefficient (Wildman–Crippen LogP) is 5.34. The highest BCUT2D eigenvalue weighted by Crippen LogP contribution is 2.36. The van der Waals surface area contributed by atoms with E-state index in [-0.39, 0.29) is 10.7 Å². The Balaban J connectivity index is 2.20. The number of thiophene rings is 1. The largest absolute Gasteiger partial charge is 0.418 e. The van der Waals surface area contributed by atoms with Crippen LogP contribution in [0.4, 0.5) is 18.9 Å². The SMILES string of the molecule is Cc1ccc(CNc2ccc(Cl)cc2C(F)(F)F)s1. The molecule has 0 saturated carbocycles. The molecule has 1 nitrogen and oxygen atoms in total. The van der Waals surface area contributed by atoms with Crippen LogP contribution in [0.1, 0.15) is 15.3 Å². The Hall–Kier alpha value is -1.20. The van der Waals surface area contributed by atoms with Crippen molar-refractivity contribution >= 4 is 28.6 Å². The zero-order valence-electron chi connectivity index (χ0n) is 10.0. The summed E-state index contributed by atoms with van der Waals surface area (Å²) in [6.45, 7) is 2.32. The van der Waals surface area contributed by atoms with Crippen molar-refractivity contribution in [3.8, 4) is 0 Å². The summed E-state index contributed by atoms with van der Waals surface area (Å²) in [5, 5.41) is 2.88. The van der Waals surface area contributed by atoms with Gasteiger partial charge in [-0.3, -0.25) is 0 Å². The van der Waals surface area contributed by atoms with Crippen LogP contribution in [0.25, 0.3) is 0 Å². The topological polar surface area (TPSA) is 12.0 Å². The first-order valence-corrected chi connectivity index (χ1v) is 6.71. The zero-order valence-corrected chi connectivity index (χ0v) is 11.6. The molecule has 0 aliphatic carbocycles. The number of aryl methyl sites for hydroxylation is 1. The highest BCUT2D eigenvalue weighted by molar-refractivity contribution is 7.11. The number of halogens is 4. The minimum Gasteiger partial charge on any atom is -0.380 e. The lowest BCUT2D eigenvalue weighted by molar-refractivity contribution is -0.136. The Morgan fingerprint density at radius 2 is 1.95 bits per heavy atom. The minimum absolute atomic E-state index is 0.0444. The molecule has 102 valence electrons. The second-order valence-corrected chi connectivity index (χ2v) is 5.86. The van der Waals surface area contributed by atoms with Gasteiger partial charge in [0, 0.05) is 27.0 Å². The molecule has 0 radical (unpaired) electrons. The van der Waals surface area contributed by atoms with Gasteiger partial charge < -0.3 is 5.32 Å². The molecule has 0 unspecified atom stereocenters. The Kier molecular flexibility index (Phi) is 4.06. The molecule has 1 aromatic heterocycles. The van der Waals surface area contributed by atoms with Crippen LogP contribution in [-0.2, 0) is 12.7 Å². The summed E-state index contributed by atoms with van der Waals surface area (Å²) in [7, 11) is 0. The molecule has 0 fully saturated rings. The molecule has 1 heterocycles. The molecule has 0 bridgehead atoms. The number of rotatable bonds is 3. The second kappa shape index (κ2) is 5.43. The lowest BCUT2D eigenvalue weighted by Gasteiger charge is -2.14. The van der Waals surface area contributed by atoms with Crippen molar-refractivity contribution in [3.63, 3.8) is 0 Å². The van der Waals surface area contributed by atoms with Crippen LogP contribution in [0.3, 0.4) is 0 Å². The van der Waals surface area contributed by atoms with Crippen LogP contribution in [-0.4, -0.2) is 0 Å². The molecule has 19 heavy (non-hydrogen) atoms. The zero-order chi connectivity index (χ0) is 14.0. The molecular formula is C13H11ClF3NS. The molecule has 1 N–H and O–H groups in total. The molecule has 1 aromatic carbocycles. The number of hydrogen-bond acceptors (Lipinski definition) is 2. The van der Waals surface area contributed by atoms with E-state index >= 15 is 0 Å². The average Bonchev–Trinajstić information content (AvgIpc) is 2.72. The van der Waals surface area contributed by atoms with Gasteiger partial charge in [0.2, 0.25) is 0 Å². The predicted molar refractivity (Wildman–Crippen MR) is 72.8 cm³/mol. The van der Waals surface area contributed by atoms with Gasteiger partial charge in [-0.1, -0.05) is 11.6 Å². The van der Waals surface area contributed by atoms with Crippen molar-refractivity contribution in [2.45, 2.75) is 19.6 Å². The number of alkyl halides is 3. The van der Waals surface area contributed by atoms with E-state index in [0.717, 1.165) is 15.8 Å². The molecule has 2 aromatic rings. The Labute approximate surface area is 118 Å². The van der Waals surface area contributed by atoms with E-state index in [2.05, 4.69) is 5.32 Å². The summed E-state index contributed by atoms with van der Waals surface area (Å²) in [6.07, 6.45) is -4.42. The van der Waals surface area contributed by atoms with Crippen molar-refractivity contribution in [2.75, 3.05) is 5.32 Å². The van der Waals surface area contributed by atoms with Crippen LogP contribution >= 0.6 is 22.9 Å². The van der Waals surface area contributed by atoms with Crippen molar-refractivity contribution in [3.05, 3.63) is 50.7 Å². The Morgan fingerprint density at radius 3 is 2.53 bits per heavy atom. The molecule has 0 amide bonds. The number of nitrogens with one attached hydrogen (secondary N) is 1. The van der Waals surface area contributed by atoms with Crippen LogP contribution in [0, 0.1) is 6.92 Å². The standard InChI is InChI=1S/C13H11ClF3NS/c1-8-2-4-10(19-8)7-18-12-5-3-9(14)6-11(12)13(15,16)17/h2-6,18H,7H2,1H3. The maximum atomic E-state index is 12.9. The van der Waals surface area contributed by atoms with Gasteiger partial charge >= 0.3 is 6.18 Å². The molecular weight excluding hydrogens is 295 g/mol. The summed E-state index contributed by atoms with van der Waals surface area (Å²) in [5.74, 6) is 0. The van der Waals surface area contributed by atoms with E-state index in [1.54, 1.807) is 11.3 Å². The summed E-state index contributed by atoms with van der Waals surface area (Å²) in [5.41, 5.74) is -0.698. The van der Waals surface area contributed by atoms with Crippen LogP contribution < -0.4 is 5.32 Å². The highest BCUT2D eigenvalue weighted by Gasteiger charge is 2.33. The van der Waals surface area contributed by atoms with Gasteiger partial charge in [-0.25, -0.2) is 0 Å². The second-order valence-electron chi connectivity index (χ2n) is 4.05. The Morgan fingerprint density at radius 1 is 1.21 bits per heavy atom. The fourth-order valence-electron chi connectivity index (χ4n) is 1.67. The number of anilines is 1. The van der Waals surface area contributed by atoms with Crippen LogP contribution in [0.5, 0.6) is 0 Å². The van der Waals surface area contributed by atoms with Crippen molar-refractivity contribution < 1.29 is 13.2 Å². The third-order valence-corrected chi connectivity index (χ3v) is 3.77. The average molecular weight is 306 g/mol. The monoisotopic (exact) mass is 305 g/mol. The highest BCUT2D eigenvalue weighted by atomic mass is 35.5. The third-order valence-electron chi connectivity index (χ3n) is 2.54. The smallest absolute Gasteiger partial charge is 0.380 e. The lowest BCUT2D eigenvalue weighted by atomic mass is 10.1. The van der Waals surface area contributed by atoms with E-state index in [1.165, 1.54) is 12.1 Å². The Bertz CT molecular complexity index is 578. The molecule has 0 aliphatic heterocycles. The van der Waals surface area contributed by atoms with E-state index in [4.69, 9.17) is 11.6 Å². The van der Waals surface area contributed by atoms with E-state index in [0.29, 0.717) is 6.54 Å². The molecule has 0 spiro atoms. The van der Waals surface area contributed by atoms with Gasteiger partial charge in [0.15, 0.2) is 0 Å². The van der Waals surface area contributed by atoms with E-state index in [1.807, 2.05) is 19.1 Å². The van der Waals surface area contributed by atoms with Crippen molar-refractivity contribution in [1.82, 2.24) is 0 Å². The molecule has 0 aliphatic rings. The molecule has 0 atom stereocenters. The maximum Gasteiger partial charge on any atom is 0.418 e. The number of hydrogen-bond donors (Lipinski definition) is 1. The van der Waals surface area contributed by atoms with Gasteiger partial charge in [-0.2, -0.15) is 13.2 Å². The molecule has 0 saturated heterocycles. The fraction of sp³-hybridized carbons (Fsp3) is 0.231. The van der Waals surface area contributed by atoms with Crippen molar-refractivity contribution in [1.29, 1.82) is 0 Å². The third kappa shape index (κ3) is 3.64. The van der Waals surface area contributed by atoms with Gasteiger partial charge in [-0.15, -0.1) is 11.3 Å². The quantitative estimate of drug-likeness (QED) is 0.807. The fourth-order valence-corrected chi connectivity index (χ4v) is 2.67. The van der Waals surface area contributed by atoms with Gasteiger partial charge in [0.25, 0.3) is 0 Å². The summed E-state index contributed by atoms with van der Waals surface area (Å²) >= 11 is 7.17. The van der Waals surface area contributed by atoms with Crippen LogP contribution in [0.15, 0.2) is 30.3 Å². The first kappa shape index (κ1) is 14.2. The van der Waals surface area contributed by atoms with Gasteiger partial charge in [-0.05, 0) is 37.3 Å². The minimum atomic E-state index is -4.42. The number of benzene rings is 1. The normalized spacial score (nSPS) is 11.6. The first-order chi connectivity index (χ1) is 8.86. The van der Waals surface area contributed by atoms with Gasteiger partial charge in [0.05, 0.1) is 5.56 Å². The molecule has 2 rings (SSSR count). The summed E-state index contributed by atoms with van der Waals surface area (Å²) in [6, 6.07) is 7.57. The van der Waals surface area contributed by atoms with Crippen LogP contribution in [0.2, 0.25) is 5.02 Å². The maximum absolute atomic E-state index is 12.9. The summed E-state index contributed by atoms with van der Waals surface area (Å²) in [4.78, 5) is 2.12.